The first-order chi connectivity index (χ1) is 8.63. The fourth-order valence-corrected chi connectivity index (χ4v) is 2.57. The number of nitrogens with one attached hydrogen (secondary N) is 1. The summed E-state index contributed by atoms with van der Waals surface area (Å²) in [5, 5.41) is 12.4. The van der Waals surface area contributed by atoms with E-state index in [1.165, 1.54) is 0 Å². The van der Waals surface area contributed by atoms with Gasteiger partial charge in [0.15, 0.2) is 0 Å². The minimum Gasteiger partial charge on any atom is -0.396 e. The second-order valence-corrected chi connectivity index (χ2v) is 5.80. The molecule has 4 heteroatoms. The topological polar surface area (TPSA) is 67.5 Å². The third kappa shape index (κ3) is 4.84. The maximum absolute atomic E-state index is 8.75. The van der Waals surface area contributed by atoms with Crippen LogP contribution in [0.4, 0.5) is 0 Å². The third-order valence-corrected chi connectivity index (χ3v) is 3.97. The summed E-state index contributed by atoms with van der Waals surface area (Å²) in [7, 11) is 0. The van der Waals surface area contributed by atoms with Crippen LogP contribution in [0, 0.1) is 5.92 Å². The van der Waals surface area contributed by atoms with Gasteiger partial charge in [-0.3, -0.25) is 0 Å². The zero-order chi connectivity index (χ0) is 13.4. The van der Waals surface area contributed by atoms with E-state index in [1.54, 1.807) is 0 Å². The van der Waals surface area contributed by atoms with E-state index in [9.17, 15) is 0 Å². The van der Waals surface area contributed by atoms with Gasteiger partial charge in [-0.25, -0.2) is 0 Å². The molecule has 108 valence electrons. The Morgan fingerprint density at radius 3 is 2.78 bits per heavy atom. The van der Waals surface area contributed by atoms with Crippen LogP contribution >= 0.6 is 0 Å². The smallest absolute Gasteiger partial charge is 0.0616 e. The molecule has 0 amide bonds. The van der Waals surface area contributed by atoms with Gasteiger partial charge in [-0.2, -0.15) is 0 Å². The normalized spacial score (nSPS) is 28.8. The van der Waals surface area contributed by atoms with Crippen LogP contribution in [0.15, 0.2) is 0 Å². The minimum absolute atomic E-state index is 0.0619. The quantitative estimate of drug-likeness (QED) is 0.574. The highest BCUT2D eigenvalue weighted by Crippen LogP contribution is 2.28. The van der Waals surface area contributed by atoms with Crippen molar-refractivity contribution >= 4 is 0 Å². The van der Waals surface area contributed by atoms with Crippen LogP contribution in [0.1, 0.15) is 46.0 Å². The highest BCUT2D eigenvalue weighted by Gasteiger charge is 2.36. The SMILES string of the molecule is CC(C)C1CC(CN)(NCCCCCO)CCO1. The Hall–Kier alpha value is -0.160. The average molecular weight is 258 g/mol. The number of aliphatic hydroxyl groups is 1. The highest BCUT2D eigenvalue weighted by molar-refractivity contribution is 4.94. The average Bonchev–Trinajstić information content (AvgIpc) is 2.39. The lowest BCUT2D eigenvalue weighted by molar-refractivity contribution is -0.0493. The van der Waals surface area contributed by atoms with Crippen LogP contribution in [-0.2, 0) is 4.74 Å². The molecule has 1 fully saturated rings. The number of nitrogens with two attached hydrogens (primary N) is 1. The first-order valence-electron chi connectivity index (χ1n) is 7.31. The maximum Gasteiger partial charge on any atom is 0.0616 e. The molecule has 1 heterocycles. The van der Waals surface area contributed by atoms with Crippen LogP contribution < -0.4 is 11.1 Å². The molecular formula is C14H30N2O2. The fourth-order valence-electron chi connectivity index (χ4n) is 2.57. The molecule has 0 radical (unpaired) electrons. The van der Waals surface area contributed by atoms with Crippen molar-refractivity contribution in [3.8, 4) is 0 Å². The monoisotopic (exact) mass is 258 g/mol. The molecule has 0 spiro atoms. The minimum atomic E-state index is 0.0619. The Balaban J connectivity index is 2.36. The number of ether oxygens (including phenoxy) is 1. The Morgan fingerprint density at radius 1 is 1.39 bits per heavy atom. The summed E-state index contributed by atoms with van der Waals surface area (Å²) in [6.45, 7) is 7.19. The van der Waals surface area contributed by atoms with Crippen molar-refractivity contribution in [2.75, 3.05) is 26.3 Å². The van der Waals surface area contributed by atoms with E-state index in [0.29, 0.717) is 25.2 Å². The second kappa shape index (κ2) is 8.10. The van der Waals surface area contributed by atoms with E-state index < -0.39 is 0 Å². The van der Waals surface area contributed by atoms with Gasteiger partial charge < -0.3 is 20.9 Å². The van der Waals surface area contributed by atoms with E-state index >= 15 is 0 Å². The first-order valence-corrected chi connectivity index (χ1v) is 7.31. The van der Waals surface area contributed by atoms with Crippen LogP contribution in [0.25, 0.3) is 0 Å². The van der Waals surface area contributed by atoms with Gasteiger partial charge in [0.2, 0.25) is 0 Å². The van der Waals surface area contributed by atoms with E-state index in [0.717, 1.165) is 45.3 Å². The van der Waals surface area contributed by atoms with Crippen molar-refractivity contribution < 1.29 is 9.84 Å². The zero-order valence-corrected chi connectivity index (χ0v) is 12.0. The van der Waals surface area contributed by atoms with Crippen LogP contribution in [0.2, 0.25) is 0 Å². The molecule has 0 bridgehead atoms. The van der Waals surface area contributed by atoms with Crippen molar-refractivity contribution in [2.45, 2.75) is 57.6 Å². The van der Waals surface area contributed by atoms with Crippen molar-refractivity contribution in [2.24, 2.45) is 11.7 Å². The summed E-state index contributed by atoms with van der Waals surface area (Å²) in [6, 6.07) is 0. The molecule has 4 N–H and O–H groups in total. The molecule has 0 aromatic carbocycles. The van der Waals surface area contributed by atoms with E-state index in [1.807, 2.05) is 0 Å². The van der Waals surface area contributed by atoms with E-state index in [2.05, 4.69) is 19.2 Å². The first kappa shape index (κ1) is 15.9. The molecule has 1 aliphatic rings. The zero-order valence-electron chi connectivity index (χ0n) is 12.0. The molecule has 2 atom stereocenters. The van der Waals surface area contributed by atoms with Gasteiger partial charge in [0.1, 0.15) is 0 Å². The fraction of sp³-hybridized carbons (Fsp3) is 1.00. The molecule has 1 aliphatic heterocycles. The molecule has 0 aliphatic carbocycles. The molecule has 18 heavy (non-hydrogen) atoms. The standard InChI is InChI=1S/C14H30N2O2/c1-12(2)13-10-14(11-15,6-9-18-13)16-7-4-3-5-8-17/h12-13,16-17H,3-11,15H2,1-2H3. The lowest BCUT2D eigenvalue weighted by Crippen LogP contribution is -2.57. The Morgan fingerprint density at radius 2 is 2.17 bits per heavy atom. The maximum atomic E-state index is 8.75. The van der Waals surface area contributed by atoms with E-state index in [-0.39, 0.29) is 5.54 Å². The van der Waals surface area contributed by atoms with Crippen molar-refractivity contribution in [3.05, 3.63) is 0 Å². The Bertz CT molecular complexity index is 224. The largest absolute Gasteiger partial charge is 0.396 e. The second-order valence-electron chi connectivity index (χ2n) is 5.80. The predicted octanol–water partition coefficient (Wildman–Crippen LogP) is 1.27. The van der Waals surface area contributed by atoms with Gasteiger partial charge in [0, 0.05) is 25.3 Å². The molecule has 2 unspecified atom stereocenters. The van der Waals surface area contributed by atoms with Crippen LogP contribution in [0.5, 0.6) is 0 Å². The number of aliphatic hydroxyl groups excluding tert-OH is 1. The van der Waals surface area contributed by atoms with Gasteiger partial charge in [-0.15, -0.1) is 0 Å². The van der Waals surface area contributed by atoms with Gasteiger partial charge in [0.25, 0.3) is 0 Å². The van der Waals surface area contributed by atoms with Gasteiger partial charge in [-0.05, 0) is 44.6 Å². The summed E-state index contributed by atoms with van der Waals surface area (Å²) >= 11 is 0. The van der Waals surface area contributed by atoms with Gasteiger partial charge in [0.05, 0.1) is 6.10 Å². The molecule has 1 saturated heterocycles. The summed E-state index contributed by atoms with van der Waals surface area (Å²) in [4.78, 5) is 0. The summed E-state index contributed by atoms with van der Waals surface area (Å²) in [6.07, 6.45) is 5.43. The molecular weight excluding hydrogens is 228 g/mol. The molecule has 0 aromatic heterocycles. The summed E-state index contributed by atoms with van der Waals surface area (Å²) in [5.74, 6) is 0.549. The summed E-state index contributed by atoms with van der Waals surface area (Å²) in [5.41, 5.74) is 6.05. The molecule has 0 aromatic rings. The lowest BCUT2D eigenvalue weighted by atomic mass is 9.83. The van der Waals surface area contributed by atoms with Crippen LogP contribution in [0.3, 0.4) is 0 Å². The highest BCUT2D eigenvalue weighted by atomic mass is 16.5. The number of unbranched alkanes of at least 4 members (excludes halogenated alkanes) is 2. The number of rotatable bonds is 8. The molecule has 0 saturated carbocycles. The Kier molecular flexibility index (Phi) is 7.15. The Labute approximate surface area is 111 Å². The van der Waals surface area contributed by atoms with E-state index in [4.69, 9.17) is 15.6 Å². The number of hydrogen-bond donors (Lipinski definition) is 3. The lowest BCUT2D eigenvalue weighted by Gasteiger charge is -2.42. The van der Waals surface area contributed by atoms with Gasteiger partial charge in [-0.1, -0.05) is 13.8 Å². The molecule has 4 nitrogen and oxygen atoms in total. The third-order valence-electron chi connectivity index (χ3n) is 3.97. The van der Waals surface area contributed by atoms with Crippen molar-refractivity contribution in [1.29, 1.82) is 0 Å². The van der Waals surface area contributed by atoms with Gasteiger partial charge >= 0.3 is 0 Å². The van der Waals surface area contributed by atoms with Crippen molar-refractivity contribution in [1.82, 2.24) is 5.32 Å². The summed E-state index contributed by atoms with van der Waals surface area (Å²) < 4.78 is 5.81. The predicted molar refractivity (Wildman–Crippen MR) is 74.5 cm³/mol. The number of hydrogen-bond acceptors (Lipinski definition) is 4. The van der Waals surface area contributed by atoms with Crippen molar-refractivity contribution in [3.63, 3.8) is 0 Å². The molecule has 1 rings (SSSR count). The van der Waals surface area contributed by atoms with Crippen LogP contribution in [-0.4, -0.2) is 43.1 Å².